The third kappa shape index (κ3) is 2.83. The SMILES string of the molecule is CN(C)CCCOc1cccc2oc3ccccc3c(=O)c12. The normalized spacial score (nSPS) is 11.4. The monoisotopic (exact) mass is 297 g/mol. The molecule has 3 rings (SSSR count). The maximum atomic E-state index is 12.7. The zero-order valence-electron chi connectivity index (χ0n) is 12.8. The molecule has 0 spiro atoms. The van der Waals surface area contributed by atoms with Gasteiger partial charge in [-0.1, -0.05) is 18.2 Å². The Bertz CT molecular complexity index is 852. The molecule has 1 heterocycles. The van der Waals surface area contributed by atoms with Crippen LogP contribution in [0.1, 0.15) is 6.42 Å². The highest BCUT2D eigenvalue weighted by atomic mass is 16.5. The zero-order valence-corrected chi connectivity index (χ0v) is 12.8. The van der Waals surface area contributed by atoms with Crippen molar-refractivity contribution in [2.75, 3.05) is 27.2 Å². The Balaban J connectivity index is 2.00. The number of hydrogen-bond donors (Lipinski definition) is 0. The Kier molecular flexibility index (Phi) is 4.11. The second kappa shape index (κ2) is 6.20. The summed E-state index contributed by atoms with van der Waals surface area (Å²) in [4.78, 5) is 14.8. The summed E-state index contributed by atoms with van der Waals surface area (Å²) in [6, 6.07) is 12.8. The molecule has 0 aliphatic carbocycles. The fourth-order valence-electron chi connectivity index (χ4n) is 2.50. The zero-order chi connectivity index (χ0) is 15.5. The van der Waals surface area contributed by atoms with Gasteiger partial charge in [-0.3, -0.25) is 4.79 Å². The second-order valence-corrected chi connectivity index (χ2v) is 5.56. The highest BCUT2D eigenvalue weighted by molar-refractivity contribution is 5.93. The van der Waals surface area contributed by atoms with E-state index in [0.29, 0.717) is 34.3 Å². The molecule has 114 valence electrons. The van der Waals surface area contributed by atoms with E-state index in [4.69, 9.17) is 9.15 Å². The van der Waals surface area contributed by atoms with Gasteiger partial charge in [-0.05, 0) is 44.8 Å². The van der Waals surface area contributed by atoms with Crippen LogP contribution in [0.15, 0.2) is 51.7 Å². The summed E-state index contributed by atoms with van der Waals surface area (Å²) in [5.74, 6) is 0.593. The summed E-state index contributed by atoms with van der Waals surface area (Å²) >= 11 is 0. The van der Waals surface area contributed by atoms with Gasteiger partial charge in [0.15, 0.2) is 0 Å². The fraction of sp³-hybridized carbons (Fsp3) is 0.278. The average molecular weight is 297 g/mol. The van der Waals surface area contributed by atoms with Crippen LogP contribution < -0.4 is 10.2 Å². The molecule has 0 bridgehead atoms. The van der Waals surface area contributed by atoms with E-state index in [2.05, 4.69) is 4.90 Å². The predicted octanol–water partition coefficient (Wildman–Crippen LogP) is 3.28. The van der Waals surface area contributed by atoms with Gasteiger partial charge in [0.05, 0.1) is 12.0 Å². The first-order chi connectivity index (χ1) is 10.7. The number of rotatable bonds is 5. The van der Waals surface area contributed by atoms with E-state index in [1.54, 1.807) is 18.2 Å². The van der Waals surface area contributed by atoms with Crippen molar-refractivity contribution >= 4 is 21.9 Å². The third-order valence-corrected chi connectivity index (χ3v) is 3.57. The van der Waals surface area contributed by atoms with Gasteiger partial charge in [0.2, 0.25) is 5.43 Å². The molecule has 0 amide bonds. The van der Waals surface area contributed by atoms with Crippen molar-refractivity contribution in [2.45, 2.75) is 6.42 Å². The van der Waals surface area contributed by atoms with Crippen molar-refractivity contribution in [3.05, 3.63) is 52.7 Å². The molecule has 4 nitrogen and oxygen atoms in total. The van der Waals surface area contributed by atoms with Crippen LogP contribution in [0, 0.1) is 0 Å². The van der Waals surface area contributed by atoms with E-state index in [1.165, 1.54) is 0 Å². The lowest BCUT2D eigenvalue weighted by atomic mass is 10.1. The minimum atomic E-state index is -0.0416. The van der Waals surface area contributed by atoms with Crippen LogP contribution in [0.4, 0.5) is 0 Å². The summed E-state index contributed by atoms with van der Waals surface area (Å²) in [5, 5.41) is 1.10. The lowest BCUT2D eigenvalue weighted by molar-refractivity contribution is 0.284. The molecule has 0 aliphatic rings. The molecule has 0 unspecified atom stereocenters. The Morgan fingerprint density at radius 1 is 1.05 bits per heavy atom. The van der Waals surface area contributed by atoms with E-state index in [1.807, 2.05) is 38.4 Å². The van der Waals surface area contributed by atoms with E-state index in [9.17, 15) is 4.79 Å². The number of benzene rings is 2. The van der Waals surface area contributed by atoms with Crippen molar-refractivity contribution in [1.29, 1.82) is 0 Å². The van der Waals surface area contributed by atoms with Crippen LogP contribution in [-0.4, -0.2) is 32.1 Å². The van der Waals surface area contributed by atoms with Crippen molar-refractivity contribution in [3.63, 3.8) is 0 Å². The van der Waals surface area contributed by atoms with Crippen molar-refractivity contribution in [1.82, 2.24) is 4.90 Å². The average Bonchev–Trinajstić information content (AvgIpc) is 2.51. The molecular formula is C18H19NO3. The van der Waals surface area contributed by atoms with Crippen molar-refractivity contribution in [3.8, 4) is 5.75 Å². The van der Waals surface area contributed by atoms with Crippen LogP contribution >= 0.6 is 0 Å². The molecule has 0 fully saturated rings. The molecule has 2 aromatic carbocycles. The summed E-state index contributed by atoms with van der Waals surface area (Å²) in [5.41, 5.74) is 1.12. The van der Waals surface area contributed by atoms with Gasteiger partial charge in [-0.25, -0.2) is 0 Å². The molecule has 1 aromatic heterocycles. The maximum Gasteiger partial charge on any atom is 0.204 e. The predicted molar refractivity (Wildman–Crippen MR) is 88.7 cm³/mol. The lowest BCUT2D eigenvalue weighted by Gasteiger charge is -2.11. The first kappa shape index (κ1) is 14.6. The maximum absolute atomic E-state index is 12.7. The molecule has 0 radical (unpaired) electrons. The summed E-state index contributed by atoms with van der Waals surface area (Å²) in [7, 11) is 4.05. The highest BCUT2D eigenvalue weighted by Gasteiger charge is 2.11. The number of para-hydroxylation sites is 1. The summed E-state index contributed by atoms with van der Waals surface area (Å²) in [6.07, 6.45) is 0.905. The molecule has 0 aliphatic heterocycles. The third-order valence-electron chi connectivity index (χ3n) is 3.57. The molecule has 3 aromatic rings. The minimum Gasteiger partial charge on any atom is -0.493 e. The number of nitrogens with zero attached hydrogens (tertiary/aromatic N) is 1. The van der Waals surface area contributed by atoms with Gasteiger partial charge in [-0.15, -0.1) is 0 Å². The Hall–Kier alpha value is -2.33. The van der Waals surface area contributed by atoms with E-state index in [0.717, 1.165) is 13.0 Å². The largest absolute Gasteiger partial charge is 0.493 e. The van der Waals surface area contributed by atoms with E-state index >= 15 is 0 Å². The first-order valence-electron chi connectivity index (χ1n) is 7.39. The Labute approximate surface area is 128 Å². The van der Waals surface area contributed by atoms with Gasteiger partial charge in [0.1, 0.15) is 22.3 Å². The van der Waals surface area contributed by atoms with Gasteiger partial charge < -0.3 is 14.1 Å². The van der Waals surface area contributed by atoms with Crippen LogP contribution in [0.2, 0.25) is 0 Å². The molecule has 4 heteroatoms. The second-order valence-electron chi connectivity index (χ2n) is 5.56. The molecule has 0 atom stereocenters. The van der Waals surface area contributed by atoms with Crippen LogP contribution in [0.25, 0.3) is 21.9 Å². The standard InChI is InChI=1S/C18H19NO3/c1-19(2)11-6-12-21-15-9-5-10-16-17(15)18(20)13-7-3-4-8-14(13)22-16/h3-5,7-10H,6,11-12H2,1-2H3. The topological polar surface area (TPSA) is 42.7 Å². The lowest BCUT2D eigenvalue weighted by Crippen LogP contribution is -2.16. The van der Waals surface area contributed by atoms with Crippen molar-refractivity contribution < 1.29 is 9.15 Å². The molecule has 0 N–H and O–H groups in total. The molecular weight excluding hydrogens is 278 g/mol. The Morgan fingerprint density at radius 3 is 2.64 bits per heavy atom. The molecule has 0 saturated heterocycles. The van der Waals surface area contributed by atoms with E-state index in [-0.39, 0.29) is 5.43 Å². The smallest absolute Gasteiger partial charge is 0.204 e. The first-order valence-corrected chi connectivity index (χ1v) is 7.39. The van der Waals surface area contributed by atoms with Crippen molar-refractivity contribution in [2.24, 2.45) is 0 Å². The van der Waals surface area contributed by atoms with Gasteiger partial charge in [-0.2, -0.15) is 0 Å². The summed E-state index contributed by atoms with van der Waals surface area (Å²) in [6.45, 7) is 1.52. The molecule has 22 heavy (non-hydrogen) atoms. The summed E-state index contributed by atoms with van der Waals surface area (Å²) < 4.78 is 11.6. The van der Waals surface area contributed by atoms with Crippen LogP contribution in [0.5, 0.6) is 5.75 Å². The number of hydrogen-bond acceptors (Lipinski definition) is 4. The quantitative estimate of drug-likeness (QED) is 0.535. The highest BCUT2D eigenvalue weighted by Crippen LogP contribution is 2.26. The fourth-order valence-corrected chi connectivity index (χ4v) is 2.50. The Morgan fingerprint density at radius 2 is 1.82 bits per heavy atom. The van der Waals surface area contributed by atoms with Crippen LogP contribution in [-0.2, 0) is 0 Å². The number of fused-ring (bicyclic) bond motifs is 2. The van der Waals surface area contributed by atoms with E-state index < -0.39 is 0 Å². The van der Waals surface area contributed by atoms with Gasteiger partial charge in [0, 0.05) is 6.54 Å². The van der Waals surface area contributed by atoms with Gasteiger partial charge >= 0.3 is 0 Å². The van der Waals surface area contributed by atoms with Gasteiger partial charge in [0.25, 0.3) is 0 Å². The number of ether oxygens (including phenoxy) is 1. The van der Waals surface area contributed by atoms with Crippen LogP contribution in [0.3, 0.4) is 0 Å². The molecule has 0 saturated carbocycles. The minimum absolute atomic E-state index is 0.0416.